The van der Waals surface area contributed by atoms with Gasteiger partial charge in [-0.1, -0.05) is 25.1 Å². The molecule has 0 aliphatic carbocycles. The Hall–Kier alpha value is -0.750. The lowest BCUT2D eigenvalue weighted by Gasteiger charge is -2.03. The van der Waals surface area contributed by atoms with Crippen molar-refractivity contribution in [3.8, 4) is 0 Å². The molecular formula is C11H20N4S2. The molecule has 1 aromatic heterocycles. The summed E-state index contributed by atoms with van der Waals surface area (Å²) in [5.41, 5.74) is 5.71. The van der Waals surface area contributed by atoms with Crippen LogP contribution in [0.25, 0.3) is 0 Å². The molecule has 1 heterocycles. The number of rotatable bonds is 8. The molecule has 0 aliphatic heterocycles. The van der Waals surface area contributed by atoms with Crippen LogP contribution in [0.2, 0.25) is 0 Å². The summed E-state index contributed by atoms with van der Waals surface area (Å²) < 4.78 is 1.13. The molecule has 0 aromatic carbocycles. The van der Waals surface area contributed by atoms with E-state index < -0.39 is 0 Å². The average Bonchev–Trinajstić information content (AvgIpc) is 2.82. The molecule has 0 spiro atoms. The van der Waals surface area contributed by atoms with Gasteiger partial charge in [-0.2, -0.15) is 0 Å². The van der Waals surface area contributed by atoms with E-state index in [-0.39, 0.29) is 0 Å². The van der Waals surface area contributed by atoms with Gasteiger partial charge in [-0.05, 0) is 12.8 Å². The van der Waals surface area contributed by atoms with E-state index in [0.717, 1.165) is 36.0 Å². The van der Waals surface area contributed by atoms with Crippen molar-refractivity contribution in [3.05, 3.63) is 11.6 Å². The normalized spacial score (nSPS) is 11.7. The van der Waals surface area contributed by atoms with Gasteiger partial charge in [0.05, 0.1) is 0 Å². The average molecular weight is 272 g/mol. The van der Waals surface area contributed by atoms with Crippen LogP contribution in [0.5, 0.6) is 0 Å². The zero-order valence-corrected chi connectivity index (χ0v) is 11.8. The number of thioether (sulfide) groups is 1. The van der Waals surface area contributed by atoms with E-state index in [1.165, 1.54) is 6.42 Å². The summed E-state index contributed by atoms with van der Waals surface area (Å²) in [6.45, 7) is 3.86. The van der Waals surface area contributed by atoms with Crippen molar-refractivity contribution in [1.29, 1.82) is 0 Å². The van der Waals surface area contributed by atoms with Crippen molar-refractivity contribution in [2.75, 3.05) is 18.8 Å². The fourth-order valence-corrected chi connectivity index (χ4v) is 2.79. The number of aliphatic imine (C=N–C) groups is 1. The predicted octanol–water partition coefficient (Wildman–Crippen LogP) is 2.33. The Morgan fingerprint density at radius 3 is 3.18 bits per heavy atom. The Labute approximate surface area is 111 Å². The Morgan fingerprint density at radius 1 is 1.59 bits per heavy atom. The third kappa shape index (κ3) is 7.23. The minimum atomic E-state index is 0.567. The van der Waals surface area contributed by atoms with Gasteiger partial charge in [0.25, 0.3) is 0 Å². The lowest BCUT2D eigenvalue weighted by Crippen LogP contribution is -2.32. The highest BCUT2D eigenvalue weighted by atomic mass is 32.2. The Balaban J connectivity index is 2.00. The minimum absolute atomic E-state index is 0.567. The van der Waals surface area contributed by atoms with Gasteiger partial charge in [-0.15, -0.1) is 11.3 Å². The number of nitrogens with zero attached hydrogens (tertiary/aromatic N) is 2. The van der Waals surface area contributed by atoms with Gasteiger partial charge in [0.15, 0.2) is 5.96 Å². The number of hydrogen-bond donors (Lipinski definition) is 2. The van der Waals surface area contributed by atoms with Crippen molar-refractivity contribution in [2.24, 2.45) is 10.7 Å². The van der Waals surface area contributed by atoms with Gasteiger partial charge in [-0.3, -0.25) is 4.99 Å². The maximum Gasteiger partial charge on any atom is 0.188 e. The molecule has 96 valence electrons. The van der Waals surface area contributed by atoms with Gasteiger partial charge in [0.1, 0.15) is 4.34 Å². The first-order valence-corrected chi connectivity index (χ1v) is 7.75. The molecular weight excluding hydrogens is 252 g/mol. The molecule has 1 rings (SSSR count). The van der Waals surface area contributed by atoms with Gasteiger partial charge in [0, 0.05) is 30.4 Å². The zero-order chi connectivity index (χ0) is 12.3. The highest BCUT2D eigenvalue weighted by molar-refractivity contribution is 8.00. The van der Waals surface area contributed by atoms with Crippen LogP contribution in [0.15, 0.2) is 20.9 Å². The number of nitrogens with one attached hydrogen (secondary N) is 1. The number of unbranched alkanes of at least 4 members (excludes halogenated alkanes) is 1. The quantitative estimate of drug-likeness (QED) is 0.330. The molecule has 17 heavy (non-hydrogen) atoms. The Morgan fingerprint density at radius 2 is 2.47 bits per heavy atom. The summed E-state index contributed by atoms with van der Waals surface area (Å²) >= 11 is 3.46. The molecule has 0 unspecified atom stereocenters. The molecule has 0 radical (unpaired) electrons. The standard InChI is InChI=1S/C11H20N4S2/c1-2-3-5-13-10(12)14-6-4-8-16-11-15-7-9-17-11/h7,9H,2-6,8H2,1H3,(H3,12,13,14). The molecule has 3 N–H and O–H groups in total. The molecule has 0 amide bonds. The van der Waals surface area contributed by atoms with Crippen LogP contribution in [0.1, 0.15) is 26.2 Å². The van der Waals surface area contributed by atoms with Crippen LogP contribution in [-0.4, -0.2) is 29.8 Å². The first kappa shape index (κ1) is 14.3. The monoisotopic (exact) mass is 272 g/mol. The highest BCUT2D eigenvalue weighted by Gasteiger charge is 1.95. The second-order valence-electron chi connectivity index (χ2n) is 3.55. The van der Waals surface area contributed by atoms with E-state index in [0.29, 0.717) is 5.96 Å². The topological polar surface area (TPSA) is 63.3 Å². The molecule has 0 atom stereocenters. The fourth-order valence-electron chi connectivity index (χ4n) is 1.15. The van der Waals surface area contributed by atoms with Gasteiger partial charge < -0.3 is 11.1 Å². The number of hydrogen-bond acceptors (Lipinski definition) is 4. The van der Waals surface area contributed by atoms with Gasteiger partial charge >= 0.3 is 0 Å². The van der Waals surface area contributed by atoms with E-state index in [2.05, 4.69) is 22.2 Å². The molecule has 0 saturated carbocycles. The Bertz CT molecular complexity index is 311. The minimum Gasteiger partial charge on any atom is -0.370 e. The highest BCUT2D eigenvalue weighted by Crippen LogP contribution is 2.20. The summed E-state index contributed by atoms with van der Waals surface area (Å²) in [7, 11) is 0. The molecule has 0 aliphatic rings. The second kappa shape index (κ2) is 9.30. The first-order valence-electron chi connectivity index (χ1n) is 5.89. The van der Waals surface area contributed by atoms with E-state index in [9.17, 15) is 0 Å². The van der Waals surface area contributed by atoms with Gasteiger partial charge in [-0.25, -0.2) is 4.98 Å². The molecule has 0 fully saturated rings. The van der Waals surface area contributed by atoms with Crippen LogP contribution >= 0.6 is 23.1 Å². The van der Waals surface area contributed by atoms with E-state index in [1.54, 1.807) is 23.1 Å². The van der Waals surface area contributed by atoms with Crippen LogP contribution in [0.4, 0.5) is 0 Å². The van der Waals surface area contributed by atoms with Crippen molar-refractivity contribution in [1.82, 2.24) is 10.3 Å². The van der Waals surface area contributed by atoms with Crippen molar-refractivity contribution >= 4 is 29.1 Å². The first-order chi connectivity index (χ1) is 8.33. The molecule has 6 heteroatoms. The van der Waals surface area contributed by atoms with Crippen molar-refractivity contribution < 1.29 is 0 Å². The van der Waals surface area contributed by atoms with E-state index in [1.807, 2.05) is 11.6 Å². The van der Waals surface area contributed by atoms with Crippen LogP contribution in [0.3, 0.4) is 0 Å². The third-order valence-electron chi connectivity index (χ3n) is 2.06. The van der Waals surface area contributed by atoms with Crippen molar-refractivity contribution in [3.63, 3.8) is 0 Å². The molecule has 0 saturated heterocycles. The summed E-state index contributed by atoms with van der Waals surface area (Å²) in [6.07, 6.45) is 5.17. The van der Waals surface area contributed by atoms with Crippen LogP contribution in [0, 0.1) is 0 Å². The van der Waals surface area contributed by atoms with E-state index >= 15 is 0 Å². The number of thiazole rings is 1. The van der Waals surface area contributed by atoms with E-state index in [4.69, 9.17) is 5.73 Å². The third-order valence-corrected chi connectivity index (χ3v) is 4.11. The summed E-state index contributed by atoms with van der Waals surface area (Å²) in [4.78, 5) is 8.48. The van der Waals surface area contributed by atoms with Crippen molar-refractivity contribution in [2.45, 2.75) is 30.5 Å². The number of nitrogens with two attached hydrogens (primary N) is 1. The lowest BCUT2D eigenvalue weighted by molar-refractivity contribution is 0.747. The van der Waals surface area contributed by atoms with Crippen LogP contribution in [-0.2, 0) is 0 Å². The number of aromatic nitrogens is 1. The summed E-state index contributed by atoms with van der Waals surface area (Å²) in [5.74, 6) is 1.61. The molecule has 1 aromatic rings. The second-order valence-corrected chi connectivity index (χ2v) is 5.78. The maximum absolute atomic E-state index is 5.71. The smallest absolute Gasteiger partial charge is 0.188 e. The molecule has 0 bridgehead atoms. The van der Waals surface area contributed by atoms with Gasteiger partial charge in [0.2, 0.25) is 0 Å². The molecule has 4 nitrogen and oxygen atoms in total. The Kier molecular flexibility index (Phi) is 7.83. The number of guanidine groups is 1. The fraction of sp³-hybridized carbons (Fsp3) is 0.636. The summed E-state index contributed by atoms with van der Waals surface area (Å²) in [6, 6.07) is 0. The van der Waals surface area contributed by atoms with Crippen LogP contribution < -0.4 is 11.1 Å². The SMILES string of the molecule is CCCCNC(N)=NCCCSc1nccs1. The largest absolute Gasteiger partial charge is 0.370 e. The summed E-state index contributed by atoms with van der Waals surface area (Å²) in [5, 5.41) is 5.09. The lowest BCUT2D eigenvalue weighted by atomic mass is 10.3. The zero-order valence-electron chi connectivity index (χ0n) is 10.2. The predicted molar refractivity (Wildman–Crippen MR) is 76.9 cm³/mol. The maximum atomic E-state index is 5.71.